The molecular weight excluding hydrogens is 287 g/mol. The van der Waals surface area contributed by atoms with Crippen LogP contribution in [0.5, 0.6) is 0 Å². The summed E-state index contributed by atoms with van der Waals surface area (Å²) in [6, 6.07) is 1.28. The van der Waals surface area contributed by atoms with Crippen LogP contribution in [0.2, 0.25) is 0 Å². The van der Waals surface area contributed by atoms with Crippen molar-refractivity contribution in [3.05, 3.63) is 46.2 Å². The van der Waals surface area contributed by atoms with E-state index in [1.54, 1.807) is 0 Å². The van der Waals surface area contributed by atoms with E-state index in [0.717, 1.165) is 0 Å². The fraction of sp³-hybridized carbons (Fsp3) is 0.100. The highest BCUT2D eigenvalue weighted by Gasteiger charge is 2.24. The highest BCUT2D eigenvalue weighted by Crippen LogP contribution is 2.23. The summed E-state index contributed by atoms with van der Waals surface area (Å²) in [4.78, 5) is 2.88. The van der Waals surface area contributed by atoms with Crippen molar-refractivity contribution in [1.82, 2.24) is 4.98 Å². The van der Waals surface area contributed by atoms with Crippen molar-refractivity contribution in [2.24, 2.45) is 0 Å². The van der Waals surface area contributed by atoms with Gasteiger partial charge < -0.3 is 0 Å². The Morgan fingerprint density at radius 2 is 1.89 bits per heavy atom. The van der Waals surface area contributed by atoms with Crippen molar-refractivity contribution in [3.8, 4) is 0 Å². The molecular formula is C10H6F3NO2S2. The molecule has 0 spiro atoms. The molecule has 8 heteroatoms. The van der Waals surface area contributed by atoms with E-state index in [9.17, 15) is 21.6 Å². The molecule has 0 amide bonds. The molecule has 18 heavy (non-hydrogen) atoms. The quantitative estimate of drug-likeness (QED) is 0.645. The zero-order valence-corrected chi connectivity index (χ0v) is 10.4. The van der Waals surface area contributed by atoms with Gasteiger partial charge in [0.15, 0.2) is 27.3 Å². The maximum absolute atomic E-state index is 13.4. The van der Waals surface area contributed by atoms with Gasteiger partial charge in [0.25, 0.3) is 0 Å². The van der Waals surface area contributed by atoms with Gasteiger partial charge in [-0.1, -0.05) is 0 Å². The summed E-state index contributed by atoms with van der Waals surface area (Å²) in [6.07, 6.45) is 0. The van der Waals surface area contributed by atoms with Crippen LogP contribution in [0.1, 0.15) is 5.69 Å². The molecule has 0 saturated carbocycles. The number of thiazole rings is 1. The number of benzene rings is 1. The average Bonchev–Trinajstić information content (AvgIpc) is 2.77. The molecule has 0 N–H and O–H groups in total. The number of sulfone groups is 1. The Balaban J connectivity index is 2.45. The Morgan fingerprint density at radius 3 is 2.50 bits per heavy atom. The van der Waals surface area contributed by atoms with Crippen molar-refractivity contribution in [2.75, 3.05) is 0 Å². The van der Waals surface area contributed by atoms with E-state index in [0.29, 0.717) is 12.1 Å². The summed E-state index contributed by atoms with van der Waals surface area (Å²) in [5.74, 6) is -5.49. The van der Waals surface area contributed by atoms with Crippen LogP contribution in [0, 0.1) is 17.5 Å². The summed E-state index contributed by atoms with van der Waals surface area (Å²) in [5.41, 5.74) is 1.65. The van der Waals surface area contributed by atoms with Crippen molar-refractivity contribution >= 4 is 21.2 Å². The molecule has 0 aliphatic carbocycles. The van der Waals surface area contributed by atoms with Gasteiger partial charge >= 0.3 is 0 Å². The predicted molar refractivity (Wildman–Crippen MR) is 59.3 cm³/mol. The lowest BCUT2D eigenvalue weighted by Crippen LogP contribution is -2.09. The van der Waals surface area contributed by atoms with Gasteiger partial charge in [-0.2, -0.15) is 0 Å². The number of hydrogen-bond acceptors (Lipinski definition) is 4. The van der Waals surface area contributed by atoms with Gasteiger partial charge in [0.2, 0.25) is 0 Å². The fourth-order valence-electron chi connectivity index (χ4n) is 1.33. The second-order valence-electron chi connectivity index (χ2n) is 3.41. The summed E-state index contributed by atoms with van der Waals surface area (Å²) >= 11 is 1.18. The number of nitrogens with zero attached hydrogens (tertiary/aromatic N) is 1. The normalized spacial score (nSPS) is 11.7. The van der Waals surface area contributed by atoms with E-state index < -0.39 is 37.9 Å². The van der Waals surface area contributed by atoms with Gasteiger partial charge in [-0.05, 0) is 12.1 Å². The van der Waals surface area contributed by atoms with Gasteiger partial charge in [0, 0.05) is 5.38 Å². The zero-order valence-electron chi connectivity index (χ0n) is 8.73. The van der Waals surface area contributed by atoms with E-state index in [4.69, 9.17) is 0 Å². The highest BCUT2D eigenvalue weighted by atomic mass is 32.2. The standard InChI is InChI=1S/C10H6F3NO2S2/c11-7-1-2-8(10(13)9(7)12)18(15,16)4-6-3-17-5-14-6/h1-3,5H,4H2. The summed E-state index contributed by atoms with van der Waals surface area (Å²) in [5, 5.41) is 1.48. The van der Waals surface area contributed by atoms with Crippen molar-refractivity contribution in [2.45, 2.75) is 10.6 Å². The molecule has 0 fully saturated rings. The van der Waals surface area contributed by atoms with Crippen LogP contribution in [-0.4, -0.2) is 13.4 Å². The second-order valence-corrected chi connectivity index (χ2v) is 6.09. The summed E-state index contributed by atoms with van der Waals surface area (Å²) in [7, 11) is -4.09. The van der Waals surface area contributed by atoms with E-state index in [1.165, 1.54) is 22.2 Å². The van der Waals surface area contributed by atoms with E-state index >= 15 is 0 Å². The molecule has 96 valence electrons. The van der Waals surface area contributed by atoms with E-state index in [2.05, 4.69) is 4.98 Å². The molecule has 0 aliphatic rings. The van der Waals surface area contributed by atoms with Gasteiger partial charge in [0.05, 0.1) is 17.0 Å². The van der Waals surface area contributed by atoms with Gasteiger partial charge in [-0.25, -0.2) is 26.6 Å². The van der Waals surface area contributed by atoms with Crippen LogP contribution in [0.25, 0.3) is 0 Å². The number of rotatable bonds is 3. The lowest BCUT2D eigenvalue weighted by Gasteiger charge is -2.05. The number of aromatic nitrogens is 1. The molecule has 0 saturated heterocycles. The molecule has 1 aromatic carbocycles. The molecule has 2 rings (SSSR count). The molecule has 0 unspecified atom stereocenters. The SMILES string of the molecule is O=S(=O)(Cc1cscn1)c1ccc(F)c(F)c1F. The molecule has 1 aromatic heterocycles. The molecule has 0 bridgehead atoms. The minimum atomic E-state index is -4.09. The van der Waals surface area contributed by atoms with Gasteiger partial charge in [0.1, 0.15) is 4.90 Å². The predicted octanol–water partition coefficient (Wildman–Crippen LogP) is 2.53. The van der Waals surface area contributed by atoms with Crippen LogP contribution in [-0.2, 0) is 15.6 Å². The maximum atomic E-state index is 13.4. The summed E-state index contributed by atoms with van der Waals surface area (Å²) < 4.78 is 62.7. The monoisotopic (exact) mass is 293 g/mol. The largest absolute Gasteiger partial charge is 0.249 e. The highest BCUT2D eigenvalue weighted by molar-refractivity contribution is 7.90. The molecule has 2 aromatic rings. The average molecular weight is 293 g/mol. The fourth-order valence-corrected chi connectivity index (χ4v) is 3.33. The molecule has 3 nitrogen and oxygen atoms in total. The number of hydrogen-bond donors (Lipinski definition) is 0. The first-order chi connectivity index (χ1) is 8.42. The van der Waals surface area contributed by atoms with Crippen molar-refractivity contribution in [1.29, 1.82) is 0 Å². The van der Waals surface area contributed by atoms with Crippen LogP contribution < -0.4 is 0 Å². The number of halogens is 3. The Hall–Kier alpha value is -1.41. The lowest BCUT2D eigenvalue weighted by molar-refractivity contribution is 0.432. The molecule has 1 heterocycles. The topological polar surface area (TPSA) is 47.0 Å². The molecule has 0 atom stereocenters. The Labute approximate surface area is 105 Å². The van der Waals surface area contributed by atoms with Crippen LogP contribution >= 0.6 is 11.3 Å². The smallest absolute Gasteiger partial charge is 0.195 e. The third-order valence-corrected chi connectivity index (χ3v) is 4.45. The van der Waals surface area contributed by atoms with Crippen LogP contribution in [0.3, 0.4) is 0 Å². The third-order valence-electron chi connectivity index (χ3n) is 2.16. The molecule has 0 aliphatic heterocycles. The van der Waals surface area contributed by atoms with Crippen molar-refractivity contribution < 1.29 is 21.6 Å². The first kappa shape index (κ1) is 13.0. The second kappa shape index (κ2) is 4.69. The van der Waals surface area contributed by atoms with E-state index in [1.807, 2.05) is 0 Å². The first-order valence-corrected chi connectivity index (χ1v) is 7.24. The Kier molecular flexibility index (Phi) is 3.40. The third kappa shape index (κ3) is 2.39. The van der Waals surface area contributed by atoms with Crippen LogP contribution in [0.4, 0.5) is 13.2 Å². The van der Waals surface area contributed by atoms with E-state index in [-0.39, 0.29) is 5.69 Å². The molecule has 0 radical (unpaired) electrons. The lowest BCUT2D eigenvalue weighted by atomic mass is 10.3. The first-order valence-electron chi connectivity index (χ1n) is 4.65. The maximum Gasteiger partial charge on any atom is 0.195 e. The van der Waals surface area contributed by atoms with Gasteiger partial charge in [-0.15, -0.1) is 11.3 Å². The van der Waals surface area contributed by atoms with Crippen molar-refractivity contribution in [3.63, 3.8) is 0 Å². The minimum Gasteiger partial charge on any atom is -0.249 e. The Bertz CT molecular complexity index is 669. The Morgan fingerprint density at radius 1 is 1.17 bits per heavy atom. The minimum absolute atomic E-state index is 0.226. The zero-order chi connectivity index (χ0) is 13.3. The summed E-state index contributed by atoms with van der Waals surface area (Å²) in [6.45, 7) is 0. The van der Waals surface area contributed by atoms with Gasteiger partial charge in [-0.3, -0.25) is 0 Å². The van der Waals surface area contributed by atoms with Crippen LogP contribution in [0.15, 0.2) is 27.9 Å².